The quantitative estimate of drug-likeness (QED) is 0.644. The number of hydrogen-bond acceptors (Lipinski definition) is 3. The molecule has 0 radical (unpaired) electrons. The fraction of sp³-hybridized carbons (Fsp3) is 0.455. The molecule has 0 saturated carbocycles. The van der Waals surface area contributed by atoms with E-state index in [2.05, 4.69) is 4.74 Å². The highest BCUT2D eigenvalue weighted by atomic mass is 35.5. The van der Waals surface area contributed by atoms with Crippen molar-refractivity contribution in [2.45, 2.75) is 12.6 Å². The van der Waals surface area contributed by atoms with Crippen molar-refractivity contribution in [2.75, 3.05) is 25.6 Å². The number of ether oxygens (including phenoxy) is 2. The van der Waals surface area contributed by atoms with Crippen LogP contribution in [-0.4, -0.2) is 26.0 Å². The Balaban J connectivity index is 2.18. The molecule has 0 aromatic heterocycles. The van der Waals surface area contributed by atoms with E-state index in [9.17, 15) is 13.2 Å². The number of alkyl halides is 3. The first-order valence-corrected chi connectivity index (χ1v) is 5.58. The monoisotopic (exact) mass is 283 g/mol. The number of nitrogens with two attached hydrogens (primary N) is 1. The predicted octanol–water partition coefficient (Wildman–Crippen LogP) is 3.27. The molecule has 1 aromatic carbocycles. The second-order valence-electron chi connectivity index (χ2n) is 3.55. The van der Waals surface area contributed by atoms with Crippen molar-refractivity contribution in [1.82, 2.24) is 0 Å². The lowest BCUT2D eigenvalue weighted by molar-refractivity contribution is -0.174. The third-order valence-corrected chi connectivity index (χ3v) is 2.16. The highest BCUT2D eigenvalue weighted by Crippen LogP contribution is 2.24. The van der Waals surface area contributed by atoms with Crippen LogP contribution in [0.4, 0.5) is 18.9 Å². The minimum Gasteiger partial charge on any atom is -0.491 e. The summed E-state index contributed by atoms with van der Waals surface area (Å²) in [5.74, 6) is 0.454. The summed E-state index contributed by atoms with van der Waals surface area (Å²) in [7, 11) is 0. The van der Waals surface area contributed by atoms with Crippen LogP contribution in [-0.2, 0) is 4.74 Å². The molecule has 0 spiro atoms. The average molecular weight is 284 g/mol. The van der Waals surface area contributed by atoms with Crippen LogP contribution < -0.4 is 10.5 Å². The molecule has 0 aliphatic rings. The van der Waals surface area contributed by atoms with Crippen LogP contribution in [0.15, 0.2) is 18.2 Å². The second-order valence-corrected chi connectivity index (χ2v) is 3.99. The molecule has 1 aromatic rings. The molecule has 0 saturated heterocycles. The molecule has 0 heterocycles. The molecular weight excluding hydrogens is 271 g/mol. The third-order valence-electron chi connectivity index (χ3n) is 1.93. The van der Waals surface area contributed by atoms with Gasteiger partial charge in [-0.3, -0.25) is 0 Å². The number of halogens is 4. The van der Waals surface area contributed by atoms with Gasteiger partial charge in [0.1, 0.15) is 12.4 Å². The molecule has 2 N–H and O–H groups in total. The summed E-state index contributed by atoms with van der Waals surface area (Å²) in [6.07, 6.45) is -3.94. The van der Waals surface area contributed by atoms with Crippen LogP contribution in [0.25, 0.3) is 0 Å². The van der Waals surface area contributed by atoms with Crippen LogP contribution in [0.1, 0.15) is 6.42 Å². The van der Waals surface area contributed by atoms with Crippen LogP contribution >= 0.6 is 11.6 Å². The first-order valence-electron chi connectivity index (χ1n) is 5.21. The number of benzene rings is 1. The van der Waals surface area contributed by atoms with E-state index in [-0.39, 0.29) is 13.2 Å². The van der Waals surface area contributed by atoms with Gasteiger partial charge < -0.3 is 15.2 Å². The highest BCUT2D eigenvalue weighted by molar-refractivity contribution is 6.30. The largest absolute Gasteiger partial charge is 0.491 e. The Morgan fingerprint density at radius 2 is 1.94 bits per heavy atom. The maximum absolute atomic E-state index is 11.7. The summed E-state index contributed by atoms with van der Waals surface area (Å²) in [6, 6.07) is 4.76. The van der Waals surface area contributed by atoms with Crippen LogP contribution in [0.3, 0.4) is 0 Å². The summed E-state index contributed by atoms with van der Waals surface area (Å²) >= 11 is 5.70. The van der Waals surface area contributed by atoms with Crippen molar-refractivity contribution in [1.29, 1.82) is 0 Å². The van der Waals surface area contributed by atoms with Gasteiger partial charge in [0.2, 0.25) is 0 Å². The molecular formula is C11H13ClF3NO2. The fourth-order valence-corrected chi connectivity index (χ4v) is 1.36. The smallest absolute Gasteiger partial charge is 0.411 e. The van der Waals surface area contributed by atoms with Crippen molar-refractivity contribution < 1.29 is 22.6 Å². The molecule has 0 fully saturated rings. The van der Waals surface area contributed by atoms with E-state index >= 15 is 0 Å². The van der Waals surface area contributed by atoms with E-state index in [1.165, 1.54) is 6.07 Å². The van der Waals surface area contributed by atoms with E-state index in [0.29, 0.717) is 22.9 Å². The number of nitrogen functional groups attached to an aromatic ring is 1. The van der Waals surface area contributed by atoms with Crippen LogP contribution in [0, 0.1) is 0 Å². The first kappa shape index (κ1) is 14.9. The summed E-state index contributed by atoms with van der Waals surface area (Å²) in [4.78, 5) is 0. The summed E-state index contributed by atoms with van der Waals surface area (Å²) in [5, 5.41) is 0.494. The molecule has 18 heavy (non-hydrogen) atoms. The Bertz CT molecular complexity index is 385. The fourth-order valence-electron chi connectivity index (χ4n) is 1.18. The summed E-state index contributed by atoms with van der Waals surface area (Å²) < 4.78 is 44.9. The highest BCUT2D eigenvalue weighted by Gasteiger charge is 2.27. The first-order chi connectivity index (χ1) is 8.38. The van der Waals surface area contributed by atoms with Gasteiger partial charge in [0.05, 0.1) is 18.9 Å². The average Bonchev–Trinajstić information content (AvgIpc) is 2.24. The molecule has 7 heteroatoms. The maximum atomic E-state index is 11.7. The van der Waals surface area contributed by atoms with Crippen molar-refractivity contribution in [3.05, 3.63) is 23.2 Å². The minimum absolute atomic E-state index is 0.0208. The Labute approximate surface area is 108 Å². The molecule has 0 unspecified atom stereocenters. The number of rotatable bonds is 6. The summed E-state index contributed by atoms with van der Waals surface area (Å²) in [5.41, 5.74) is 6.02. The lowest BCUT2D eigenvalue weighted by Crippen LogP contribution is -2.18. The lowest BCUT2D eigenvalue weighted by atomic mass is 10.3. The van der Waals surface area contributed by atoms with Gasteiger partial charge in [0, 0.05) is 11.4 Å². The van der Waals surface area contributed by atoms with Crippen molar-refractivity contribution in [3.8, 4) is 5.75 Å². The van der Waals surface area contributed by atoms with Gasteiger partial charge in [-0.15, -0.1) is 0 Å². The number of hydrogen-bond donors (Lipinski definition) is 1. The van der Waals surface area contributed by atoms with Gasteiger partial charge in [0.15, 0.2) is 0 Å². The van der Waals surface area contributed by atoms with Gasteiger partial charge >= 0.3 is 6.18 Å². The standard InChI is InChI=1S/C11H13ClF3NO2/c12-8-2-3-10(9(16)6-8)18-5-1-4-17-7-11(13,14)15/h2-3,6H,1,4-5,7,16H2. The van der Waals surface area contributed by atoms with E-state index in [1.807, 2.05) is 0 Å². The second kappa shape index (κ2) is 6.70. The number of anilines is 1. The maximum Gasteiger partial charge on any atom is 0.411 e. The third kappa shape index (κ3) is 5.97. The Kier molecular flexibility index (Phi) is 5.55. The SMILES string of the molecule is Nc1cc(Cl)ccc1OCCCOCC(F)(F)F. The van der Waals surface area contributed by atoms with E-state index < -0.39 is 12.8 Å². The molecule has 0 aliphatic heterocycles. The zero-order valence-electron chi connectivity index (χ0n) is 9.47. The van der Waals surface area contributed by atoms with Gasteiger partial charge in [0.25, 0.3) is 0 Å². The van der Waals surface area contributed by atoms with Gasteiger partial charge in [-0.2, -0.15) is 13.2 Å². The molecule has 0 atom stereocenters. The van der Waals surface area contributed by atoms with E-state index in [4.69, 9.17) is 22.1 Å². The van der Waals surface area contributed by atoms with Crippen LogP contribution in [0.2, 0.25) is 5.02 Å². The predicted molar refractivity (Wildman–Crippen MR) is 62.9 cm³/mol. The van der Waals surface area contributed by atoms with Crippen molar-refractivity contribution >= 4 is 17.3 Å². The molecule has 3 nitrogen and oxygen atoms in total. The van der Waals surface area contributed by atoms with E-state index in [1.54, 1.807) is 12.1 Å². The molecule has 1 rings (SSSR count). The van der Waals surface area contributed by atoms with E-state index in [0.717, 1.165) is 0 Å². The zero-order chi connectivity index (χ0) is 13.6. The molecule has 102 valence electrons. The molecule has 0 amide bonds. The Morgan fingerprint density at radius 1 is 1.22 bits per heavy atom. The lowest BCUT2D eigenvalue weighted by Gasteiger charge is -2.10. The van der Waals surface area contributed by atoms with Crippen molar-refractivity contribution in [3.63, 3.8) is 0 Å². The summed E-state index contributed by atoms with van der Waals surface area (Å²) in [6.45, 7) is -1.03. The zero-order valence-corrected chi connectivity index (χ0v) is 10.2. The molecule has 0 aliphatic carbocycles. The topological polar surface area (TPSA) is 44.5 Å². The molecule has 0 bridgehead atoms. The van der Waals surface area contributed by atoms with Crippen molar-refractivity contribution in [2.24, 2.45) is 0 Å². The van der Waals surface area contributed by atoms with Gasteiger partial charge in [-0.05, 0) is 18.2 Å². The normalized spacial score (nSPS) is 11.6. The van der Waals surface area contributed by atoms with Gasteiger partial charge in [-0.25, -0.2) is 0 Å². The Morgan fingerprint density at radius 3 is 2.56 bits per heavy atom. The van der Waals surface area contributed by atoms with Crippen LogP contribution in [0.5, 0.6) is 5.75 Å². The van der Waals surface area contributed by atoms with Gasteiger partial charge in [-0.1, -0.05) is 11.6 Å². The minimum atomic E-state index is -4.29. The Hall–Kier alpha value is -1.14.